The number of para-hydroxylation sites is 2. The smallest absolute Gasteiger partial charge is 0.408 e. The number of rotatable bonds is 3. The minimum atomic E-state index is -0.488. The molecule has 2 rings (SSSR count). The average molecular weight is 349 g/mol. The first-order valence-electron chi connectivity index (χ1n) is 8.02. The highest BCUT2D eigenvalue weighted by atomic mass is 16.6. The predicted octanol–water partition coefficient (Wildman–Crippen LogP) is 3.55. The van der Waals surface area contributed by atoms with E-state index in [-0.39, 0.29) is 5.60 Å². The van der Waals surface area contributed by atoms with Gasteiger partial charge in [-0.25, -0.2) is 9.78 Å². The number of nitrogens with zero attached hydrogens (tertiary/aromatic N) is 1. The van der Waals surface area contributed by atoms with Crippen molar-refractivity contribution in [2.45, 2.75) is 59.3 Å². The van der Waals surface area contributed by atoms with E-state index in [2.05, 4.69) is 20.0 Å². The molecule has 0 fully saturated rings. The largest absolute Gasteiger partial charge is 0.462 e. The Hall–Kier alpha value is -2.57. The van der Waals surface area contributed by atoms with Crippen molar-refractivity contribution in [3.63, 3.8) is 0 Å². The zero-order valence-corrected chi connectivity index (χ0v) is 15.7. The number of carbonyl (C=O) groups is 2. The fraction of sp³-hybridized carbons (Fsp3) is 0.500. The van der Waals surface area contributed by atoms with E-state index >= 15 is 0 Å². The summed E-state index contributed by atoms with van der Waals surface area (Å²) < 4.78 is 9.69. The van der Waals surface area contributed by atoms with Gasteiger partial charge in [-0.15, -0.1) is 0 Å². The van der Waals surface area contributed by atoms with Crippen LogP contribution in [0.4, 0.5) is 4.79 Å². The van der Waals surface area contributed by atoms with E-state index in [9.17, 15) is 9.59 Å². The van der Waals surface area contributed by atoms with Gasteiger partial charge in [-0.3, -0.25) is 4.79 Å². The lowest BCUT2D eigenvalue weighted by Gasteiger charge is -2.19. The highest BCUT2D eigenvalue weighted by Gasteiger charge is 2.16. The molecule has 0 bridgehead atoms. The molecule has 2 N–H and O–H groups in total. The van der Waals surface area contributed by atoms with Crippen LogP contribution in [0.2, 0.25) is 0 Å². The molecule has 0 aliphatic carbocycles. The van der Waals surface area contributed by atoms with Crippen LogP contribution in [0.25, 0.3) is 11.0 Å². The van der Waals surface area contributed by atoms with Crippen LogP contribution in [0.5, 0.6) is 0 Å². The molecule has 0 unspecified atom stereocenters. The second kappa shape index (κ2) is 8.50. The van der Waals surface area contributed by atoms with Crippen molar-refractivity contribution in [3.8, 4) is 0 Å². The van der Waals surface area contributed by atoms with E-state index in [4.69, 9.17) is 4.74 Å². The van der Waals surface area contributed by atoms with Gasteiger partial charge >= 0.3 is 6.09 Å². The van der Waals surface area contributed by atoms with Gasteiger partial charge in [0.05, 0.1) is 17.6 Å². The van der Waals surface area contributed by atoms with E-state index in [1.54, 1.807) is 0 Å². The maximum atomic E-state index is 11.5. The lowest BCUT2D eigenvalue weighted by molar-refractivity contribution is -0.138. The lowest BCUT2D eigenvalue weighted by Crippen LogP contribution is -2.32. The monoisotopic (exact) mass is 349 g/mol. The molecule has 7 heteroatoms. The number of alkyl carbamates (subject to hydrolysis) is 1. The predicted molar refractivity (Wildman–Crippen MR) is 96.1 cm³/mol. The molecular formula is C18H27N3O4. The van der Waals surface area contributed by atoms with Gasteiger partial charge in [-0.1, -0.05) is 12.1 Å². The Bertz CT molecular complexity index is 663. The summed E-state index contributed by atoms with van der Waals surface area (Å²) in [6, 6.07) is 7.72. The van der Waals surface area contributed by atoms with Gasteiger partial charge in [0.25, 0.3) is 6.47 Å². The third kappa shape index (κ3) is 8.74. The van der Waals surface area contributed by atoms with Crippen molar-refractivity contribution < 1.29 is 19.1 Å². The molecule has 2 aromatic rings. The zero-order valence-electron chi connectivity index (χ0n) is 15.7. The van der Waals surface area contributed by atoms with Gasteiger partial charge < -0.3 is 19.8 Å². The second-order valence-corrected chi connectivity index (χ2v) is 7.38. The Morgan fingerprint density at radius 1 is 1.16 bits per heavy atom. The number of hydrogen-bond donors (Lipinski definition) is 2. The maximum absolute atomic E-state index is 11.5. The van der Waals surface area contributed by atoms with Crippen molar-refractivity contribution in [2.24, 2.45) is 0 Å². The molecule has 1 amide bonds. The number of hydrogen-bond acceptors (Lipinski definition) is 5. The molecule has 0 radical (unpaired) electrons. The molecule has 1 aromatic carbocycles. The maximum Gasteiger partial charge on any atom is 0.408 e. The third-order valence-electron chi connectivity index (χ3n) is 2.64. The highest BCUT2D eigenvalue weighted by molar-refractivity contribution is 5.75. The quantitative estimate of drug-likeness (QED) is 0.827. The van der Waals surface area contributed by atoms with E-state index < -0.39 is 11.7 Å². The first-order chi connectivity index (χ1) is 11.5. The zero-order chi connectivity index (χ0) is 19.1. The minimum absolute atomic E-state index is 0.318. The second-order valence-electron chi connectivity index (χ2n) is 7.38. The van der Waals surface area contributed by atoms with E-state index in [0.29, 0.717) is 18.8 Å². The van der Waals surface area contributed by atoms with Crippen LogP contribution in [0.1, 0.15) is 47.4 Å². The van der Waals surface area contributed by atoms with E-state index in [1.165, 1.54) is 0 Å². The van der Waals surface area contributed by atoms with Crippen LogP contribution in [0, 0.1) is 0 Å². The summed E-state index contributed by atoms with van der Waals surface area (Å²) in [5, 5.41) is 2.66. The van der Waals surface area contributed by atoms with Crippen molar-refractivity contribution >= 4 is 23.6 Å². The van der Waals surface area contributed by atoms with Gasteiger partial charge in [0.15, 0.2) is 0 Å². The Morgan fingerprint density at radius 2 is 1.80 bits per heavy atom. The van der Waals surface area contributed by atoms with Gasteiger partial charge in [0.1, 0.15) is 17.0 Å². The van der Waals surface area contributed by atoms with Crippen molar-refractivity contribution in [1.82, 2.24) is 15.3 Å². The van der Waals surface area contributed by atoms with E-state index in [1.807, 2.05) is 65.8 Å². The number of amides is 1. The molecule has 0 saturated carbocycles. The summed E-state index contributed by atoms with van der Waals surface area (Å²) in [5.74, 6) is 0.710. The molecule has 1 aromatic heterocycles. The van der Waals surface area contributed by atoms with Gasteiger partial charge in [-0.05, 0) is 53.7 Å². The average Bonchev–Trinajstić information content (AvgIpc) is 2.85. The summed E-state index contributed by atoms with van der Waals surface area (Å²) >= 11 is 0. The standard InChI is InChI=1S/C13H17N3O2.C5H10O2/c1-13(2,3)18-12(17)14-8-11-15-9-6-4-5-7-10(9)16-11;1-5(2,3)7-4-6/h4-7H,8H2,1-3H3,(H,14,17)(H,15,16);4H,1-3H3. The normalized spacial score (nSPS) is 11.3. The first-order valence-corrected chi connectivity index (χ1v) is 8.02. The lowest BCUT2D eigenvalue weighted by atomic mass is 10.2. The number of carbonyl (C=O) groups excluding carboxylic acids is 2. The van der Waals surface area contributed by atoms with Crippen molar-refractivity contribution in [1.29, 1.82) is 0 Å². The SMILES string of the molecule is CC(C)(C)OC(=O)NCc1nc2ccccc2[nH]1.CC(C)(C)OC=O. The van der Waals surface area contributed by atoms with E-state index in [0.717, 1.165) is 11.0 Å². The molecule has 0 atom stereocenters. The molecule has 25 heavy (non-hydrogen) atoms. The number of ether oxygens (including phenoxy) is 2. The van der Waals surface area contributed by atoms with Crippen LogP contribution in [0.3, 0.4) is 0 Å². The fourth-order valence-corrected chi connectivity index (χ4v) is 1.70. The number of H-pyrrole nitrogens is 1. The van der Waals surface area contributed by atoms with Crippen LogP contribution < -0.4 is 5.32 Å². The number of fused-ring (bicyclic) bond motifs is 1. The summed E-state index contributed by atoms with van der Waals surface area (Å²) in [4.78, 5) is 28.6. The molecule has 7 nitrogen and oxygen atoms in total. The minimum Gasteiger partial charge on any atom is -0.462 e. The molecule has 0 aliphatic rings. The van der Waals surface area contributed by atoms with Crippen LogP contribution >= 0.6 is 0 Å². The van der Waals surface area contributed by atoms with Crippen LogP contribution in [-0.4, -0.2) is 33.7 Å². The summed E-state index contributed by atoms with van der Waals surface area (Å²) in [6.07, 6.45) is -0.442. The molecular weight excluding hydrogens is 322 g/mol. The molecule has 0 spiro atoms. The van der Waals surface area contributed by atoms with Gasteiger partial charge in [-0.2, -0.15) is 0 Å². The third-order valence-corrected chi connectivity index (χ3v) is 2.64. The first kappa shape index (κ1) is 20.5. The van der Waals surface area contributed by atoms with Gasteiger partial charge in [0, 0.05) is 0 Å². The molecule has 0 aliphatic heterocycles. The van der Waals surface area contributed by atoms with Crippen LogP contribution in [-0.2, 0) is 20.8 Å². The Morgan fingerprint density at radius 3 is 2.28 bits per heavy atom. The Labute approximate surface area is 148 Å². The number of imidazole rings is 1. The van der Waals surface area contributed by atoms with Gasteiger partial charge in [0.2, 0.25) is 0 Å². The summed E-state index contributed by atoms with van der Waals surface area (Å²) in [6.45, 7) is 11.7. The number of benzene rings is 1. The molecule has 0 saturated heterocycles. The summed E-state index contributed by atoms with van der Waals surface area (Å²) in [7, 11) is 0. The topological polar surface area (TPSA) is 93.3 Å². The summed E-state index contributed by atoms with van der Waals surface area (Å²) in [5.41, 5.74) is 1.04. The fourth-order valence-electron chi connectivity index (χ4n) is 1.70. The molecule has 1 heterocycles. The Balaban J connectivity index is 0.000000381. The highest BCUT2D eigenvalue weighted by Crippen LogP contribution is 2.10. The van der Waals surface area contributed by atoms with Crippen molar-refractivity contribution in [3.05, 3.63) is 30.1 Å². The molecule has 138 valence electrons. The Kier molecular flexibility index (Phi) is 6.97. The number of nitrogens with one attached hydrogen (secondary N) is 2. The van der Waals surface area contributed by atoms with Crippen LogP contribution in [0.15, 0.2) is 24.3 Å². The van der Waals surface area contributed by atoms with Crippen molar-refractivity contribution in [2.75, 3.05) is 0 Å². The number of aromatic amines is 1. The number of aromatic nitrogens is 2.